The lowest BCUT2D eigenvalue weighted by molar-refractivity contribution is -0.119. The van der Waals surface area contributed by atoms with E-state index in [1.165, 1.54) is 24.1 Å². The number of carbonyl (C=O) groups excluding carboxylic acids is 2. The first kappa shape index (κ1) is 21.4. The van der Waals surface area contributed by atoms with E-state index in [1.807, 2.05) is 23.1 Å². The average molecular weight is 440 g/mol. The summed E-state index contributed by atoms with van der Waals surface area (Å²) in [5.74, 6) is 5.48. The third kappa shape index (κ3) is 4.17. The molecule has 0 aromatic heterocycles. The van der Waals surface area contributed by atoms with Crippen molar-refractivity contribution in [1.82, 2.24) is 15.6 Å². The lowest BCUT2D eigenvalue weighted by Crippen LogP contribution is -2.33. The van der Waals surface area contributed by atoms with Crippen molar-refractivity contribution in [3.8, 4) is 11.1 Å². The van der Waals surface area contributed by atoms with Gasteiger partial charge in [-0.2, -0.15) is 0 Å². The molecule has 2 aliphatic heterocycles. The van der Waals surface area contributed by atoms with E-state index < -0.39 is 18.0 Å². The quantitative estimate of drug-likeness (QED) is 0.396. The van der Waals surface area contributed by atoms with Crippen LogP contribution in [0.15, 0.2) is 48.4 Å². The minimum Gasteiger partial charge on any atom is -0.442 e. The molecular weight excluding hydrogens is 415 g/mol. The molecule has 0 spiro atoms. The summed E-state index contributed by atoms with van der Waals surface area (Å²) in [5, 5.41) is 2.62. The normalized spacial score (nSPS) is 17.9. The number of hydrazine groups is 1. The highest BCUT2D eigenvalue weighted by atomic mass is 19.1. The molecule has 2 heterocycles. The van der Waals surface area contributed by atoms with Crippen LogP contribution in [0.2, 0.25) is 0 Å². The first-order chi connectivity index (χ1) is 15.4. The van der Waals surface area contributed by atoms with Gasteiger partial charge in [-0.1, -0.05) is 12.1 Å². The van der Waals surface area contributed by atoms with E-state index in [2.05, 4.69) is 10.7 Å². The topological polar surface area (TPSA) is 126 Å². The Hall–Kier alpha value is -3.79. The van der Waals surface area contributed by atoms with E-state index in [9.17, 15) is 9.59 Å². The molecule has 4 rings (SSSR count). The number of carbonyl (C=O) groups is 2. The van der Waals surface area contributed by atoms with Crippen LogP contribution in [0.1, 0.15) is 18.1 Å². The Morgan fingerprint density at radius 3 is 2.72 bits per heavy atom. The molecule has 1 atom stereocenters. The highest BCUT2D eigenvalue weighted by molar-refractivity contribution is 5.90. The van der Waals surface area contributed by atoms with E-state index in [1.54, 1.807) is 12.1 Å². The van der Waals surface area contributed by atoms with Crippen LogP contribution in [-0.4, -0.2) is 36.1 Å². The fraction of sp³-hybridized carbons (Fsp3) is 0.273. The van der Waals surface area contributed by atoms with E-state index >= 15 is 4.39 Å². The molecule has 168 valence electrons. The van der Waals surface area contributed by atoms with Crippen molar-refractivity contribution in [2.75, 3.05) is 18.0 Å². The van der Waals surface area contributed by atoms with Gasteiger partial charge in [-0.05, 0) is 41.0 Å². The van der Waals surface area contributed by atoms with Gasteiger partial charge in [0.15, 0.2) is 0 Å². The number of fused-ring (bicyclic) bond motifs is 1. The Bertz CT molecular complexity index is 1090. The van der Waals surface area contributed by atoms with E-state index in [0.29, 0.717) is 30.2 Å². The summed E-state index contributed by atoms with van der Waals surface area (Å²) in [6.45, 7) is 3.10. The zero-order chi connectivity index (χ0) is 22.8. The van der Waals surface area contributed by atoms with Crippen molar-refractivity contribution in [3.63, 3.8) is 0 Å². The number of amides is 2. The predicted octanol–water partition coefficient (Wildman–Crippen LogP) is 1.49. The van der Waals surface area contributed by atoms with Gasteiger partial charge in [-0.3, -0.25) is 9.69 Å². The second-order valence-corrected chi connectivity index (χ2v) is 7.75. The monoisotopic (exact) mass is 440 g/mol. The molecule has 2 aliphatic rings. The second-order valence-electron chi connectivity index (χ2n) is 7.75. The molecule has 0 unspecified atom stereocenters. The van der Waals surface area contributed by atoms with Crippen LogP contribution in [-0.2, 0) is 22.6 Å². The Morgan fingerprint density at radius 1 is 1.25 bits per heavy atom. The second kappa shape index (κ2) is 8.75. The molecule has 0 radical (unpaired) electrons. The number of halogens is 1. The standard InChI is InChI=1S/C22H25FN6O3/c1-13(30)26-9-18-12-29(22(31)32-18)17-4-5-19(20(23)7-17)14-2-3-15-10-28(11-16(15)6-14)21(8-24)27-25/h2-8,18,27H,9-12,24-25H2,1H3,(H,26,30)/b21-8+/t18-/m0/s1. The van der Waals surface area contributed by atoms with Crippen LogP contribution in [0.25, 0.3) is 11.1 Å². The molecule has 1 saturated heterocycles. The largest absolute Gasteiger partial charge is 0.442 e. The third-order valence-corrected chi connectivity index (χ3v) is 5.60. The smallest absolute Gasteiger partial charge is 0.414 e. The van der Waals surface area contributed by atoms with Crippen molar-refractivity contribution < 1.29 is 18.7 Å². The number of hydrogen-bond acceptors (Lipinski definition) is 7. The van der Waals surface area contributed by atoms with Crippen molar-refractivity contribution in [2.24, 2.45) is 11.6 Å². The molecule has 2 aromatic carbocycles. The lowest BCUT2D eigenvalue weighted by atomic mass is 10.00. The summed E-state index contributed by atoms with van der Waals surface area (Å²) in [6.07, 6.45) is 0.363. The van der Waals surface area contributed by atoms with Gasteiger partial charge in [0.2, 0.25) is 5.91 Å². The van der Waals surface area contributed by atoms with Crippen molar-refractivity contribution in [2.45, 2.75) is 26.1 Å². The molecule has 0 aliphatic carbocycles. The Labute approximate surface area is 184 Å². The van der Waals surface area contributed by atoms with Gasteiger partial charge in [-0.15, -0.1) is 0 Å². The van der Waals surface area contributed by atoms with Gasteiger partial charge in [0, 0.05) is 31.8 Å². The van der Waals surface area contributed by atoms with E-state index in [-0.39, 0.29) is 19.0 Å². The highest BCUT2D eigenvalue weighted by Crippen LogP contribution is 2.33. The molecule has 9 nitrogen and oxygen atoms in total. The average Bonchev–Trinajstić information content (AvgIpc) is 3.35. The number of nitrogens with one attached hydrogen (secondary N) is 2. The first-order valence-electron chi connectivity index (χ1n) is 10.2. The van der Waals surface area contributed by atoms with Gasteiger partial charge in [0.05, 0.1) is 18.8 Å². The van der Waals surface area contributed by atoms with Crippen LogP contribution < -0.4 is 27.2 Å². The maximum Gasteiger partial charge on any atom is 0.414 e. The van der Waals surface area contributed by atoms with Crippen LogP contribution in [0, 0.1) is 5.82 Å². The minimum atomic E-state index is -0.567. The van der Waals surface area contributed by atoms with Crippen LogP contribution in [0.3, 0.4) is 0 Å². The van der Waals surface area contributed by atoms with Gasteiger partial charge in [-0.25, -0.2) is 15.0 Å². The Kier molecular flexibility index (Phi) is 5.87. The number of cyclic esters (lactones) is 1. The fourth-order valence-corrected chi connectivity index (χ4v) is 3.98. The number of nitrogens with two attached hydrogens (primary N) is 2. The van der Waals surface area contributed by atoms with E-state index in [0.717, 1.165) is 16.7 Å². The fourth-order valence-electron chi connectivity index (χ4n) is 3.98. The summed E-state index contributed by atoms with van der Waals surface area (Å²) in [6, 6.07) is 10.5. The summed E-state index contributed by atoms with van der Waals surface area (Å²) in [7, 11) is 0. The SMILES string of the molecule is CC(=O)NC[C@H]1CN(c2ccc(-c3ccc4c(c3)CN(/C(=C/N)NN)C4)c(F)c2)C(=O)O1. The van der Waals surface area contributed by atoms with Gasteiger partial charge < -0.3 is 26.1 Å². The summed E-state index contributed by atoms with van der Waals surface area (Å²) in [5.41, 5.74) is 11.9. The van der Waals surface area contributed by atoms with Crippen LogP contribution >= 0.6 is 0 Å². The maximum atomic E-state index is 15.0. The minimum absolute atomic E-state index is 0.207. The Morgan fingerprint density at radius 2 is 2.03 bits per heavy atom. The highest BCUT2D eigenvalue weighted by Gasteiger charge is 2.32. The molecular formula is C22H25FN6O3. The number of ether oxygens (including phenoxy) is 1. The van der Waals surface area contributed by atoms with Gasteiger partial charge in [0.25, 0.3) is 0 Å². The van der Waals surface area contributed by atoms with E-state index in [4.69, 9.17) is 16.3 Å². The zero-order valence-electron chi connectivity index (χ0n) is 17.6. The number of anilines is 1. The molecule has 6 N–H and O–H groups in total. The number of benzene rings is 2. The maximum absolute atomic E-state index is 15.0. The molecule has 2 aromatic rings. The molecule has 10 heteroatoms. The summed E-state index contributed by atoms with van der Waals surface area (Å²) in [4.78, 5) is 26.6. The number of rotatable bonds is 6. The molecule has 1 fully saturated rings. The van der Waals surface area contributed by atoms with Gasteiger partial charge >= 0.3 is 6.09 Å². The summed E-state index contributed by atoms with van der Waals surface area (Å²) >= 11 is 0. The lowest BCUT2D eigenvalue weighted by Gasteiger charge is -2.19. The number of hydrogen-bond donors (Lipinski definition) is 4. The molecule has 32 heavy (non-hydrogen) atoms. The number of nitrogens with zero attached hydrogens (tertiary/aromatic N) is 2. The van der Waals surface area contributed by atoms with Crippen molar-refractivity contribution >= 4 is 17.7 Å². The molecule has 0 saturated carbocycles. The van der Waals surface area contributed by atoms with Gasteiger partial charge in [0.1, 0.15) is 17.7 Å². The zero-order valence-corrected chi connectivity index (χ0v) is 17.6. The molecule has 0 bridgehead atoms. The van der Waals surface area contributed by atoms with Crippen molar-refractivity contribution in [3.05, 3.63) is 65.4 Å². The first-order valence-corrected chi connectivity index (χ1v) is 10.2. The van der Waals surface area contributed by atoms with Crippen molar-refractivity contribution in [1.29, 1.82) is 0 Å². The summed E-state index contributed by atoms with van der Waals surface area (Å²) < 4.78 is 20.3. The predicted molar refractivity (Wildman–Crippen MR) is 117 cm³/mol. The van der Waals surface area contributed by atoms with Crippen LogP contribution in [0.5, 0.6) is 0 Å². The van der Waals surface area contributed by atoms with Crippen LogP contribution in [0.4, 0.5) is 14.9 Å². The Balaban J connectivity index is 1.51. The molecule has 2 amide bonds. The third-order valence-electron chi connectivity index (χ3n) is 5.60.